The van der Waals surface area contributed by atoms with Crippen molar-refractivity contribution < 1.29 is 23.1 Å². The Morgan fingerprint density at radius 2 is 1.89 bits per heavy atom. The third-order valence-electron chi connectivity index (χ3n) is 2.93. The molecule has 0 heterocycles. The van der Waals surface area contributed by atoms with Gasteiger partial charge in [0.25, 0.3) is 0 Å². The van der Waals surface area contributed by atoms with Crippen molar-refractivity contribution in [1.82, 2.24) is 0 Å². The second kappa shape index (κ2) is 5.71. The molecule has 0 atom stereocenters. The fourth-order valence-corrected chi connectivity index (χ4v) is 2.67. The van der Waals surface area contributed by atoms with Crippen LogP contribution < -0.4 is 0 Å². The van der Waals surface area contributed by atoms with Gasteiger partial charge in [0.1, 0.15) is 0 Å². The Bertz CT molecular complexity index is 543. The molecule has 5 nitrogen and oxygen atoms in total. The monoisotopic (exact) mass is 284 g/mol. The highest BCUT2D eigenvalue weighted by Crippen LogP contribution is 2.29. The Hall–Kier alpha value is -1.40. The molecule has 0 radical (unpaired) electrons. The van der Waals surface area contributed by atoms with Crippen LogP contribution in [0.2, 0.25) is 0 Å². The Morgan fingerprint density at radius 3 is 2.42 bits per heavy atom. The Morgan fingerprint density at radius 1 is 1.26 bits per heavy atom. The van der Waals surface area contributed by atoms with E-state index in [0.29, 0.717) is 18.1 Å². The molecule has 6 heteroatoms. The number of hydrogen-bond acceptors (Lipinski definition) is 4. The van der Waals surface area contributed by atoms with Crippen molar-refractivity contribution in [2.75, 3.05) is 12.5 Å². The molecule has 104 valence electrons. The lowest BCUT2D eigenvalue weighted by molar-refractivity contribution is -0.136. The summed E-state index contributed by atoms with van der Waals surface area (Å²) in [6, 6.07) is 5.88. The SMILES string of the molecule is O=C(O)Cc1ccc(S(=O)(=O)COCC2CC2)cc1. The molecule has 0 amide bonds. The first-order valence-corrected chi connectivity index (χ1v) is 7.74. The van der Waals surface area contributed by atoms with E-state index in [1.807, 2.05) is 0 Å². The van der Waals surface area contributed by atoms with Crippen molar-refractivity contribution >= 4 is 15.8 Å². The van der Waals surface area contributed by atoms with Gasteiger partial charge in [-0.3, -0.25) is 4.79 Å². The Labute approximate surface area is 112 Å². The summed E-state index contributed by atoms with van der Waals surface area (Å²) in [6.07, 6.45) is 2.12. The number of aliphatic carboxylic acids is 1. The van der Waals surface area contributed by atoms with E-state index in [2.05, 4.69) is 0 Å². The number of ether oxygens (including phenoxy) is 1. The van der Waals surface area contributed by atoms with Crippen molar-refractivity contribution in [2.24, 2.45) is 5.92 Å². The summed E-state index contributed by atoms with van der Waals surface area (Å²) in [5.41, 5.74) is 0.574. The van der Waals surface area contributed by atoms with Gasteiger partial charge in [0.2, 0.25) is 9.84 Å². The first kappa shape index (κ1) is 14.0. The summed E-state index contributed by atoms with van der Waals surface area (Å²) in [4.78, 5) is 10.7. The topological polar surface area (TPSA) is 80.7 Å². The Kier molecular flexibility index (Phi) is 4.21. The van der Waals surface area contributed by atoms with Gasteiger partial charge in [0.05, 0.1) is 17.9 Å². The maximum Gasteiger partial charge on any atom is 0.307 e. The molecule has 0 saturated heterocycles. The predicted molar refractivity (Wildman–Crippen MR) is 68.5 cm³/mol. The molecule has 0 spiro atoms. The number of hydrogen-bond donors (Lipinski definition) is 1. The van der Waals surface area contributed by atoms with Crippen LogP contribution in [0.4, 0.5) is 0 Å². The standard InChI is InChI=1S/C13H16O5S/c14-13(15)7-10-3-5-12(6-4-10)19(16,17)9-18-8-11-1-2-11/h3-6,11H,1-2,7-9H2,(H,14,15). The maximum atomic E-state index is 11.9. The lowest BCUT2D eigenvalue weighted by Gasteiger charge is -2.06. The second-order valence-electron chi connectivity index (χ2n) is 4.76. The fourth-order valence-electron chi connectivity index (χ4n) is 1.67. The number of sulfone groups is 1. The minimum atomic E-state index is -3.44. The predicted octanol–water partition coefficient (Wildman–Crippen LogP) is 1.47. The van der Waals surface area contributed by atoms with Crippen molar-refractivity contribution in [3.8, 4) is 0 Å². The van der Waals surface area contributed by atoms with Gasteiger partial charge in [-0.25, -0.2) is 8.42 Å². The Balaban J connectivity index is 1.96. The van der Waals surface area contributed by atoms with Crippen molar-refractivity contribution in [3.05, 3.63) is 29.8 Å². The smallest absolute Gasteiger partial charge is 0.307 e. The van der Waals surface area contributed by atoms with Crippen LogP contribution in [0.15, 0.2) is 29.2 Å². The zero-order valence-corrected chi connectivity index (χ0v) is 11.2. The van der Waals surface area contributed by atoms with Crippen LogP contribution in [-0.4, -0.2) is 32.0 Å². The molecule has 1 fully saturated rings. The summed E-state index contributed by atoms with van der Waals surface area (Å²) in [5.74, 6) is -0.738. The summed E-state index contributed by atoms with van der Waals surface area (Å²) >= 11 is 0. The molecular formula is C13H16O5S. The van der Waals surface area contributed by atoms with Crippen LogP contribution in [0.5, 0.6) is 0 Å². The van der Waals surface area contributed by atoms with Gasteiger partial charge >= 0.3 is 5.97 Å². The molecule has 1 aromatic rings. The van der Waals surface area contributed by atoms with Crippen LogP contribution >= 0.6 is 0 Å². The number of carbonyl (C=O) groups is 1. The van der Waals surface area contributed by atoms with Crippen molar-refractivity contribution in [2.45, 2.75) is 24.2 Å². The minimum absolute atomic E-state index is 0.113. The summed E-state index contributed by atoms with van der Waals surface area (Å²) in [7, 11) is -3.44. The molecular weight excluding hydrogens is 268 g/mol. The van der Waals surface area contributed by atoms with E-state index in [9.17, 15) is 13.2 Å². The van der Waals surface area contributed by atoms with Crippen LogP contribution in [0.1, 0.15) is 18.4 Å². The summed E-state index contributed by atoms with van der Waals surface area (Å²) < 4.78 is 29.0. The van der Waals surface area contributed by atoms with Crippen LogP contribution in [0, 0.1) is 5.92 Å². The highest BCUT2D eigenvalue weighted by atomic mass is 32.2. The van der Waals surface area contributed by atoms with E-state index in [4.69, 9.17) is 9.84 Å². The molecule has 2 rings (SSSR count). The molecule has 1 aliphatic rings. The number of carboxylic acid groups (broad SMARTS) is 1. The molecule has 19 heavy (non-hydrogen) atoms. The van der Waals surface area contributed by atoms with Crippen LogP contribution in [-0.2, 0) is 25.8 Å². The van der Waals surface area contributed by atoms with Crippen molar-refractivity contribution in [3.63, 3.8) is 0 Å². The van der Waals surface area contributed by atoms with Crippen LogP contribution in [0.25, 0.3) is 0 Å². The van der Waals surface area contributed by atoms with E-state index >= 15 is 0 Å². The van der Waals surface area contributed by atoms with Gasteiger partial charge in [-0.15, -0.1) is 0 Å². The van der Waals surface area contributed by atoms with E-state index in [0.717, 1.165) is 12.8 Å². The van der Waals surface area contributed by atoms with E-state index in [-0.39, 0.29) is 17.3 Å². The van der Waals surface area contributed by atoms with E-state index in [1.54, 1.807) is 0 Å². The number of carboxylic acids is 1. The van der Waals surface area contributed by atoms with Gasteiger partial charge in [0.15, 0.2) is 5.94 Å². The zero-order chi connectivity index (χ0) is 13.9. The van der Waals surface area contributed by atoms with Gasteiger partial charge in [-0.2, -0.15) is 0 Å². The first-order valence-electron chi connectivity index (χ1n) is 6.08. The largest absolute Gasteiger partial charge is 0.481 e. The molecule has 0 bridgehead atoms. The van der Waals surface area contributed by atoms with Crippen LogP contribution in [0.3, 0.4) is 0 Å². The van der Waals surface area contributed by atoms with Crippen molar-refractivity contribution in [1.29, 1.82) is 0 Å². The molecule has 1 N–H and O–H groups in total. The van der Waals surface area contributed by atoms with Gasteiger partial charge in [-0.1, -0.05) is 12.1 Å². The lowest BCUT2D eigenvalue weighted by atomic mass is 10.2. The molecule has 0 aromatic heterocycles. The normalized spacial score (nSPS) is 15.4. The van der Waals surface area contributed by atoms with Gasteiger partial charge in [-0.05, 0) is 36.5 Å². The third kappa shape index (κ3) is 4.33. The van der Waals surface area contributed by atoms with E-state index in [1.165, 1.54) is 24.3 Å². The molecule has 1 saturated carbocycles. The lowest BCUT2D eigenvalue weighted by Crippen LogP contribution is -2.11. The highest BCUT2D eigenvalue weighted by molar-refractivity contribution is 7.91. The molecule has 0 unspecified atom stereocenters. The average molecular weight is 284 g/mol. The number of rotatable bonds is 7. The highest BCUT2D eigenvalue weighted by Gasteiger charge is 2.23. The van der Waals surface area contributed by atoms with Gasteiger partial charge in [0, 0.05) is 0 Å². The fraction of sp³-hybridized carbons (Fsp3) is 0.462. The molecule has 1 aromatic carbocycles. The maximum absolute atomic E-state index is 11.9. The minimum Gasteiger partial charge on any atom is -0.481 e. The summed E-state index contributed by atoms with van der Waals surface area (Å²) in [5, 5.41) is 8.63. The summed E-state index contributed by atoms with van der Waals surface area (Å²) in [6.45, 7) is 0.496. The quantitative estimate of drug-likeness (QED) is 0.820. The number of benzene rings is 1. The average Bonchev–Trinajstić information content (AvgIpc) is 3.13. The molecule has 0 aliphatic heterocycles. The van der Waals surface area contributed by atoms with E-state index < -0.39 is 15.8 Å². The third-order valence-corrected chi connectivity index (χ3v) is 4.39. The second-order valence-corrected chi connectivity index (χ2v) is 6.70. The zero-order valence-electron chi connectivity index (χ0n) is 10.4. The molecule has 1 aliphatic carbocycles. The first-order chi connectivity index (χ1) is 8.97. The van der Waals surface area contributed by atoms with Gasteiger partial charge < -0.3 is 9.84 Å².